The molecule has 0 amide bonds. The number of aliphatic hydroxyl groups excluding tert-OH is 1. The Hall–Kier alpha value is -1.73. The molecule has 6 heteroatoms. The Kier molecular flexibility index (Phi) is 10.1. The highest BCUT2D eigenvalue weighted by Crippen LogP contribution is 2.08. The molecular weight excluding hydrogens is 276 g/mol. The molecule has 0 aliphatic carbocycles. The molecule has 4 N–H and O–H groups in total. The maximum absolute atomic E-state index is 10.3. The number of rotatable bonds is 10. The van der Waals surface area contributed by atoms with Gasteiger partial charge in [-0.2, -0.15) is 0 Å². The molecule has 0 aliphatic heterocycles. The highest BCUT2D eigenvalue weighted by atomic mass is 16.6. The van der Waals surface area contributed by atoms with E-state index in [1.54, 1.807) is 18.2 Å². The van der Waals surface area contributed by atoms with Gasteiger partial charge in [0.2, 0.25) is 0 Å². The topological polar surface area (TPSA) is 107 Å². The Labute approximate surface area is 124 Å². The molecule has 0 bridgehead atoms. The Morgan fingerprint density at radius 3 is 2.14 bits per heavy atom. The first-order valence-electron chi connectivity index (χ1n) is 6.51. The van der Waals surface area contributed by atoms with Crippen LogP contribution < -0.4 is 0 Å². The van der Waals surface area contributed by atoms with Gasteiger partial charge in [0.15, 0.2) is 5.79 Å². The van der Waals surface area contributed by atoms with Crippen molar-refractivity contribution in [1.82, 2.24) is 0 Å². The van der Waals surface area contributed by atoms with Gasteiger partial charge >= 0.3 is 5.97 Å². The third-order valence-corrected chi connectivity index (χ3v) is 2.19. The minimum atomic E-state index is -2.24. The van der Waals surface area contributed by atoms with Crippen LogP contribution in [0.4, 0.5) is 0 Å². The van der Waals surface area contributed by atoms with Crippen molar-refractivity contribution in [2.45, 2.75) is 31.8 Å². The van der Waals surface area contributed by atoms with E-state index in [4.69, 9.17) is 10.2 Å². The van der Waals surface area contributed by atoms with Crippen molar-refractivity contribution in [2.75, 3.05) is 6.61 Å². The molecule has 0 spiro atoms. The van der Waals surface area contributed by atoms with E-state index in [-0.39, 0.29) is 6.42 Å². The van der Waals surface area contributed by atoms with Gasteiger partial charge in [0.25, 0.3) is 6.29 Å². The van der Waals surface area contributed by atoms with Crippen LogP contribution in [0.3, 0.4) is 0 Å². The molecule has 118 valence electrons. The number of allylic oxidation sites excluding steroid dienone is 7. The van der Waals surface area contributed by atoms with Crippen LogP contribution in [0.15, 0.2) is 48.6 Å². The predicted molar refractivity (Wildman–Crippen MR) is 78.2 cm³/mol. The van der Waals surface area contributed by atoms with Crippen molar-refractivity contribution in [3.05, 3.63) is 48.6 Å². The molecule has 21 heavy (non-hydrogen) atoms. The quantitative estimate of drug-likeness (QED) is 0.355. The lowest BCUT2D eigenvalue weighted by Gasteiger charge is -2.20. The van der Waals surface area contributed by atoms with Gasteiger partial charge in [-0.1, -0.05) is 55.5 Å². The number of ether oxygens (including phenoxy) is 1. The standard InChI is InChI=1S/C15H22O6/c1-2-3-4-5-6-7-8-9-10-11-15(19,20)12-21-14(18)13(16)17/h3-10,14,18-20H,2,11-12H2,1H3,(H,16,17)/b4-3+,6-5+,8-7+,10-9+. The summed E-state index contributed by atoms with van der Waals surface area (Å²) in [5.74, 6) is -3.83. The average Bonchev–Trinajstić information content (AvgIpc) is 2.43. The maximum atomic E-state index is 10.3. The summed E-state index contributed by atoms with van der Waals surface area (Å²) < 4.78 is 4.39. The molecule has 1 unspecified atom stereocenters. The van der Waals surface area contributed by atoms with Crippen molar-refractivity contribution in [1.29, 1.82) is 0 Å². The second-order valence-corrected chi connectivity index (χ2v) is 4.22. The van der Waals surface area contributed by atoms with E-state index >= 15 is 0 Å². The van der Waals surface area contributed by atoms with Gasteiger partial charge in [0.1, 0.15) is 6.61 Å². The minimum Gasteiger partial charge on any atom is -0.477 e. The minimum absolute atomic E-state index is 0.164. The van der Waals surface area contributed by atoms with Crippen LogP contribution in [-0.4, -0.2) is 45.1 Å². The number of carboxylic acids is 1. The van der Waals surface area contributed by atoms with E-state index in [1.807, 2.05) is 31.2 Å². The van der Waals surface area contributed by atoms with E-state index < -0.39 is 24.7 Å². The third-order valence-electron chi connectivity index (χ3n) is 2.19. The molecule has 0 saturated heterocycles. The number of aliphatic hydroxyl groups is 3. The van der Waals surface area contributed by atoms with E-state index in [2.05, 4.69) is 4.74 Å². The van der Waals surface area contributed by atoms with Crippen LogP contribution in [-0.2, 0) is 9.53 Å². The summed E-state index contributed by atoms with van der Waals surface area (Å²) in [4.78, 5) is 10.3. The third kappa shape index (κ3) is 11.8. The van der Waals surface area contributed by atoms with E-state index in [0.717, 1.165) is 6.42 Å². The van der Waals surface area contributed by atoms with Crippen molar-refractivity contribution in [2.24, 2.45) is 0 Å². The summed E-state index contributed by atoms with van der Waals surface area (Å²) >= 11 is 0. The zero-order chi connectivity index (χ0) is 16.1. The Morgan fingerprint density at radius 1 is 1.10 bits per heavy atom. The van der Waals surface area contributed by atoms with E-state index in [0.29, 0.717) is 0 Å². The zero-order valence-corrected chi connectivity index (χ0v) is 11.9. The molecule has 1 atom stereocenters. The van der Waals surface area contributed by atoms with Crippen LogP contribution in [0, 0.1) is 0 Å². The number of aliphatic carboxylic acids is 1. The fraction of sp³-hybridized carbons (Fsp3) is 0.400. The highest BCUT2D eigenvalue weighted by Gasteiger charge is 2.25. The molecule has 0 fully saturated rings. The monoisotopic (exact) mass is 298 g/mol. The molecule has 0 aromatic carbocycles. The second kappa shape index (κ2) is 11.0. The largest absolute Gasteiger partial charge is 0.477 e. The molecule has 0 heterocycles. The summed E-state index contributed by atoms with van der Waals surface area (Å²) in [6.45, 7) is 1.33. The van der Waals surface area contributed by atoms with Crippen molar-refractivity contribution in [3.8, 4) is 0 Å². The van der Waals surface area contributed by atoms with Gasteiger partial charge in [-0.25, -0.2) is 4.79 Å². The zero-order valence-electron chi connectivity index (χ0n) is 11.9. The van der Waals surface area contributed by atoms with Gasteiger partial charge in [-0.15, -0.1) is 0 Å². The number of carbonyl (C=O) groups is 1. The first-order chi connectivity index (χ1) is 9.89. The lowest BCUT2D eigenvalue weighted by Crippen LogP contribution is -2.37. The van der Waals surface area contributed by atoms with Crippen LogP contribution in [0.25, 0.3) is 0 Å². The summed E-state index contributed by atoms with van der Waals surface area (Å²) in [7, 11) is 0. The maximum Gasteiger partial charge on any atom is 0.360 e. The summed E-state index contributed by atoms with van der Waals surface area (Å²) in [6.07, 6.45) is 13.0. The molecule has 0 aromatic heterocycles. The molecule has 0 radical (unpaired) electrons. The Balaban J connectivity index is 4.04. The Morgan fingerprint density at radius 2 is 1.62 bits per heavy atom. The lowest BCUT2D eigenvalue weighted by atomic mass is 10.2. The van der Waals surface area contributed by atoms with Crippen LogP contribution >= 0.6 is 0 Å². The van der Waals surface area contributed by atoms with Gasteiger partial charge in [-0.05, 0) is 6.42 Å². The molecule has 0 aliphatic rings. The highest BCUT2D eigenvalue weighted by molar-refractivity contribution is 5.70. The number of hydrogen-bond donors (Lipinski definition) is 4. The van der Waals surface area contributed by atoms with Gasteiger partial charge < -0.3 is 25.2 Å². The fourth-order valence-corrected chi connectivity index (χ4v) is 1.15. The molecule has 0 aromatic rings. The first-order valence-corrected chi connectivity index (χ1v) is 6.51. The van der Waals surface area contributed by atoms with E-state index in [1.165, 1.54) is 6.08 Å². The normalized spacial score (nSPS) is 14.9. The fourth-order valence-electron chi connectivity index (χ4n) is 1.15. The first kappa shape index (κ1) is 19.3. The van der Waals surface area contributed by atoms with E-state index in [9.17, 15) is 15.0 Å². The van der Waals surface area contributed by atoms with Gasteiger partial charge in [0.05, 0.1) is 0 Å². The summed E-state index contributed by atoms with van der Waals surface area (Å²) in [5.41, 5.74) is 0. The summed E-state index contributed by atoms with van der Waals surface area (Å²) in [6, 6.07) is 0. The SMILES string of the molecule is CC/C=C/C=C/C=C/C=C/CC(O)(O)COC(O)C(=O)O. The van der Waals surface area contributed by atoms with Crippen molar-refractivity contribution >= 4 is 5.97 Å². The molecule has 0 rings (SSSR count). The average molecular weight is 298 g/mol. The Bertz CT molecular complexity index is 406. The summed E-state index contributed by atoms with van der Waals surface area (Å²) in [5, 5.41) is 36.1. The van der Waals surface area contributed by atoms with Crippen molar-refractivity contribution in [3.63, 3.8) is 0 Å². The smallest absolute Gasteiger partial charge is 0.360 e. The molecule has 0 saturated carbocycles. The van der Waals surface area contributed by atoms with Gasteiger partial charge in [0, 0.05) is 6.42 Å². The van der Waals surface area contributed by atoms with Crippen LogP contribution in [0.5, 0.6) is 0 Å². The van der Waals surface area contributed by atoms with Crippen LogP contribution in [0.1, 0.15) is 19.8 Å². The predicted octanol–water partition coefficient (Wildman–Crippen LogP) is 1.11. The second-order valence-electron chi connectivity index (χ2n) is 4.22. The van der Waals surface area contributed by atoms with Crippen molar-refractivity contribution < 1.29 is 30.0 Å². The van der Waals surface area contributed by atoms with Gasteiger partial charge in [-0.3, -0.25) is 0 Å². The van der Waals surface area contributed by atoms with Crippen LogP contribution in [0.2, 0.25) is 0 Å². The number of carboxylic acid groups (broad SMARTS) is 1. The molecular formula is C15H22O6. The molecule has 6 nitrogen and oxygen atoms in total. The lowest BCUT2D eigenvalue weighted by molar-refractivity contribution is -0.232. The number of hydrogen-bond acceptors (Lipinski definition) is 5.